The van der Waals surface area contributed by atoms with E-state index in [4.69, 9.17) is 4.74 Å². The van der Waals surface area contributed by atoms with Gasteiger partial charge in [0.25, 0.3) is 21.6 Å². The predicted octanol–water partition coefficient (Wildman–Crippen LogP) is 2.87. The van der Waals surface area contributed by atoms with Gasteiger partial charge in [0.1, 0.15) is 0 Å². The van der Waals surface area contributed by atoms with Crippen LogP contribution in [-0.2, 0) is 14.8 Å². The number of benzene rings is 2. The molecule has 1 amide bonds. The molecule has 0 bridgehead atoms. The topological polar surface area (TPSA) is 131 Å². The van der Waals surface area contributed by atoms with Crippen molar-refractivity contribution in [3.63, 3.8) is 0 Å². The van der Waals surface area contributed by atoms with Crippen molar-refractivity contribution in [2.75, 3.05) is 37.6 Å². The molecule has 34 heavy (non-hydrogen) atoms. The number of nitrogens with one attached hydrogen (secondary N) is 2. The molecule has 1 heterocycles. The molecule has 1 atom stereocenters. The molecule has 1 saturated heterocycles. The fourth-order valence-electron chi connectivity index (χ4n) is 3.83. The van der Waals surface area contributed by atoms with Gasteiger partial charge < -0.3 is 10.1 Å². The maximum Gasteiger partial charge on any atom is 0.270 e. The monoisotopic (exact) mass is 490 g/mol. The molecule has 0 saturated carbocycles. The number of rotatable bonds is 10. The summed E-state index contributed by atoms with van der Waals surface area (Å²) in [5.41, 5.74) is 0.334. The molecule has 0 unspecified atom stereocenters. The molecule has 3 rings (SSSR count). The molecule has 10 nitrogen and oxygen atoms in total. The molecule has 0 spiro atoms. The average molecular weight is 491 g/mol. The number of nitrogens with zero attached hydrogens (tertiary/aromatic N) is 2. The van der Waals surface area contributed by atoms with Crippen LogP contribution in [0.1, 0.15) is 30.6 Å². The Morgan fingerprint density at radius 2 is 1.82 bits per heavy atom. The first-order chi connectivity index (χ1) is 16.2. The molecular weight excluding hydrogens is 460 g/mol. The summed E-state index contributed by atoms with van der Waals surface area (Å²) in [6.45, 7) is 7.88. The second kappa shape index (κ2) is 11.4. The average Bonchev–Trinajstić information content (AvgIpc) is 2.82. The highest BCUT2D eigenvalue weighted by Crippen LogP contribution is 2.21. The summed E-state index contributed by atoms with van der Waals surface area (Å²) in [7, 11) is -4.02. The molecule has 0 aromatic heterocycles. The molecule has 2 aromatic carbocycles. The summed E-state index contributed by atoms with van der Waals surface area (Å²) in [5, 5.41) is 13.9. The van der Waals surface area contributed by atoms with Crippen molar-refractivity contribution in [2.24, 2.45) is 5.92 Å². The van der Waals surface area contributed by atoms with Gasteiger partial charge in [-0.2, -0.15) is 0 Å². The highest BCUT2D eigenvalue weighted by Gasteiger charge is 2.23. The molecule has 11 heteroatoms. The molecule has 1 aliphatic heterocycles. The quantitative estimate of drug-likeness (QED) is 0.387. The van der Waals surface area contributed by atoms with Crippen LogP contribution in [0.2, 0.25) is 0 Å². The first-order valence-electron chi connectivity index (χ1n) is 11.1. The van der Waals surface area contributed by atoms with E-state index >= 15 is 0 Å². The van der Waals surface area contributed by atoms with Gasteiger partial charge in [0.15, 0.2) is 0 Å². The summed E-state index contributed by atoms with van der Waals surface area (Å²) < 4.78 is 33.0. The van der Waals surface area contributed by atoms with Crippen LogP contribution in [0.3, 0.4) is 0 Å². The van der Waals surface area contributed by atoms with Gasteiger partial charge >= 0.3 is 0 Å². The van der Waals surface area contributed by atoms with Gasteiger partial charge in [-0.25, -0.2) is 8.42 Å². The number of hydrogen-bond acceptors (Lipinski definition) is 7. The van der Waals surface area contributed by atoms with Crippen LogP contribution >= 0.6 is 0 Å². The van der Waals surface area contributed by atoms with Crippen LogP contribution in [0.5, 0.6) is 0 Å². The minimum absolute atomic E-state index is 0.217. The second-order valence-corrected chi connectivity index (χ2v) is 10.3. The minimum atomic E-state index is -4.02. The fraction of sp³-hybridized carbons (Fsp3) is 0.435. The highest BCUT2D eigenvalue weighted by molar-refractivity contribution is 7.92. The first kappa shape index (κ1) is 25.6. The molecule has 184 valence electrons. The molecular formula is C23H30N4O6S. The van der Waals surface area contributed by atoms with E-state index in [2.05, 4.69) is 28.8 Å². The van der Waals surface area contributed by atoms with Gasteiger partial charge in [0.05, 0.1) is 23.0 Å². The zero-order chi connectivity index (χ0) is 24.7. The Morgan fingerprint density at radius 1 is 1.15 bits per heavy atom. The van der Waals surface area contributed by atoms with Gasteiger partial charge in [0, 0.05) is 49.1 Å². The van der Waals surface area contributed by atoms with Crippen molar-refractivity contribution in [2.45, 2.75) is 31.2 Å². The Hall–Kier alpha value is -3.02. The summed E-state index contributed by atoms with van der Waals surface area (Å²) in [6.07, 6.45) is 0.957. The third-order valence-electron chi connectivity index (χ3n) is 5.54. The van der Waals surface area contributed by atoms with Crippen LogP contribution in [0.4, 0.5) is 11.4 Å². The van der Waals surface area contributed by atoms with E-state index in [-0.39, 0.29) is 28.2 Å². The van der Waals surface area contributed by atoms with Crippen molar-refractivity contribution >= 4 is 27.3 Å². The van der Waals surface area contributed by atoms with Gasteiger partial charge in [-0.3, -0.25) is 24.5 Å². The van der Waals surface area contributed by atoms with Gasteiger partial charge in [-0.15, -0.1) is 0 Å². The number of nitro groups is 1. The minimum Gasteiger partial charge on any atom is -0.379 e. The van der Waals surface area contributed by atoms with E-state index < -0.39 is 14.9 Å². The van der Waals surface area contributed by atoms with Crippen LogP contribution in [0.15, 0.2) is 53.4 Å². The summed E-state index contributed by atoms with van der Waals surface area (Å²) in [5.74, 6) is 0.248. The summed E-state index contributed by atoms with van der Waals surface area (Å²) in [4.78, 5) is 25.1. The third kappa shape index (κ3) is 6.99. The van der Waals surface area contributed by atoms with Crippen molar-refractivity contribution < 1.29 is 22.9 Å². The molecule has 2 N–H and O–H groups in total. The molecule has 1 fully saturated rings. The number of hydrogen-bond donors (Lipinski definition) is 2. The second-order valence-electron chi connectivity index (χ2n) is 8.58. The number of anilines is 1. The van der Waals surface area contributed by atoms with Crippen LogP contribution < -0.4 is 10.0 Å². The van der Waals surface area contributed by atoms with E-state index in [1.165, 1.54) is 42.5 Å². The molecule has 0 aliphatic carbocycles. The lowest BCUT2D eigenvalue weighted by atomic mass is 10.0. The van der Waals surface area contributed by atoms with E-state index in [1.807, 2.05) is 0 Å². The number of ether oxygens (including phenoxy) is 1. The number of morpholine rings is 1. The SMILES string of the molecule is CC(C)C[C@H](CNC(=O)c1ccc(NS(=O)(=O)c2cccc([N+](=O)[O-])c2)cc1)N1CCOCC1. The largest absolute Gasteiger partial charge is 0.379 e. The van der Waals surface area contributed by atoms with E-state index in [0.29, 0.717) is 31.2 Å². The van der Waals surface area contributed by atoms with Crippen molar-refractivity contribution in [1.82, 2.24) is 10.2 Å². The highest BCUT2D eigenvalue weighted by atomic mass is 32.2. The van der Waals surface area contributed by atoms with Crippen LogP contribution in [-0.4, -0.2) is 63.0 Å². The van der Waals surface area contributed by atoms with Gasteiger partial charge in [-0.1, -0.05) is 19.9 Å². The zero-order valence-electron chi connectivity index (χ0n) is 19.3. The molecule has 0 radical (unpaired) electrons. The summed E-state index contributed by atoms with van der Waals surface area (Å²) in [6, 6.07) is 11.1. The lowest BCUT2D eigenvalue weighted by Gasteiger charge is -2.35. The Bertz CT molecular complexity index is 1100. The standard InChI is InChI=1S/C23H30N4O6S/c1-17(2)14-21(26-10-12-33-13-11-26)16-24-23(28)18-6-8-19(9-7-18)25-34(31,32)22-5-3-4-20(15-22)27(29)30/h3-9,15,17,21,25H,10-14,16H2,1-2H3,(H,24,28)/t21-/m1/s1. The van der Waals surface area contributed by atoms with Gasteiger partial charge in [-0.05, 0) is 42.7 Å². The maximum atomic E-state index is 12.7. The van der Waals surface area contributed by atoms with Crippen molar-refractivity contribution in [3.05, 3.63) is 64.2 Å². The number of carbonyl (C=O) groups is 1. The molecule has 2 aromatic rings. The Balaban J connectivity index is 1.62. The molecule has 1 aliphatic rings. The van der Waals surface area contributed by atoms with Crippen molar-refractivity contribution in [3.8, 4) is 0 Å². The van der Waals surface area contributed by atoms with E-state index in [9.17, 15) is 23.3 Å². The first-order valence-corrected chi connectivity index (χ1v) is 12.6. The van der Waals surface area contributed by atoms with Crippen molar-refractivity contribution in [1.29, 1.82) is 0 Å². The maximum absolute atomic E-state index is 12.7. The number of nitro benzene ring substituents is 1. The van der Waals surface area contributed by atoms with Crippen LogP contribution in [0, 0.1) is 16.0 Å². The lowest BCUT2D eigenvalue weighted by molar-refractivity contribution is -0.385. The number of carbonyl (C=O) groups excluding carboxylic acids is 1. The Morgan fingerprint density at radius 3 is 2.44 bits per heavy atom. The Labute approximate surface area is 199 Å². The normalized spacial score (nSPS) is 15.6. The van der Waals surface area contributed by atoms with Gasteiger partial charge in [0.2, 0.25) is 0 Å². The Kier molecular flexibility index (Phi) is 8.59. The number of non-ortho nitro benzene ring substituents is 1. The number of sulfonamides is 1. The van der Waals surface area contributed by atoms with Crippen LogP contribution in [0.25, 0.3) is 0 Å². The zero-order valence-corrected chi connectivity index (χ0v) is 20.1. The fourth-order valence-corrected chi connectivity index (χ4v) is 4.93. The smallest absolute Gasteiger partial charge is 0.270 e. The number of amides is 1. The summed E-state index contributed by atoms with van der Waals surface area (Å²) >= 11 is 0. The van der Waals surface area contributed by atoms with E-state index in [0.717, 1.165) is 25.6 Å². The lowest BCUT2D eigenvalue weighted by Crippen LogP contribution is -2.49. The van der Waals surface area contributed by atoms with E-state index in [1.54, 1.807) is 0 Å². The predicted molar refractivity (Wildman–Crippen MR) is 128 cm³/mol. The third-order valence-corrected chi connectivity index (χ3v) is 6.92.